The van der Waals surface area contributed by atoms with Crippen molar-refractivity contribution in [1.82, 2.24) is 0 Å². The third kappa shape index (κ3) is 20.7. The van der Waals surface area contributed by atoms with Gasteiger partial charge in [-0.15, -0.1) is 0 Å². The molecule has 0 N–H and O–H groups in total. The molecule has 15 aromatic carbocycles. The maximum atomic E-state index is 2.45. The van der Waals surface area contributed by atoms with Crippen LogP contribution in [-0.2, 0) is 54.8 Å². The first-order chi connectivity index (χ1) is 64.7. The van der Waals surface area contributed by atoms with E-state index in [1.165, 1.54) is 217 Å². The Kier molecular flexibility index (Phi) is 41.8. The van der Waals surface area contributed by atoms with Gasteiger partial charge in [0.2, 0.25) is 0 Å². The Balaban J connectivity index is 0.000000242. The van der Waals surface area contributed by atoms with E-state index in [-0.39, 0.29) is 16.2 Å². The van der Waals surface area contributed by atoms with Crippen LogP contribution < -0.4 is 0 Å². The fourth-order valence-corrected chi connectivity index (χ4v) is 21.4. The van der Waals surface area contributed by atoms with E-state index in [0.717, 1.165) is 38.5 Å². The lowest BCUT2D eigenvalue weighted by Gasteiger charge is -2.40. The normalized spacial score (nSPS) is 12.2. The van der Waals surface area contributed by atoms with E-state index in [9.17, 15) is 0 Å². The second-order valence-electron chi connectivity index (χ2n) is 32.4. The number of hydrogen-bond acceptors (Lipinski definition) is 0. The SMILES string of the molecule is CC.CC.CC.CC.CC.CC.CC.CC.CC.CC.CC.CC.Cc1cc(C)cc(Cc2cccc3c2-c2c(C)cccc2C32c3ccccc3Cc3ccccc32)c1.Cc1cc(C)cc(Cc2cccc3c2-c2cc(C)ccc2C32c3ccccc3Cc3ccccc32)c1.Cc1cc(C)cc(Cc2cccc3c2-c2ccc(C)cc2C32c3ccccc3Cc3ccccc32)c1. The Morgan fingerprint density at radius 2 is 0.402 bits per heavy atom. The van der Waals surface area contributed by atoms with Gasteiger partial charge >= 0.3 is 0 Å². The van der Waals surface area contributed by atoms with Crippen LogP contribution in [0.2, 0.25) is 0 Å². The first-order valence-corrected chi connectivity index (χ1v) is 51.1. The molecule has 0 nitrogen and oxygen atoms in total. The van der Waals surface area contributed by atoms with Gasteiger partial charge < -0.3 is 0 Å². The van der Waals surface area contributed by atoms with Gasteiger partial charge in [0.15, 0.2) is 0 Å². The van der Waals surface area contributed by atoms with Crippen molar-refractivity contribution >= 4 is 0 Å². The summed E-state index contributed by atoms with van der Waals surface area (Å²) in [6.45, 7) is 68.0. The second-order valence-corrected chi connectivity index (χ2v) is 32.4. The fourth-order valence-electron chi connectivity index (χ4n) is 21.4. The summed E-state index contributed by atoms with van der Waals surface area (Å²) in [6.07, 6.45) is 5.81. The van der Waals surface area contributed by atoms with Gasteiger partial charge in [0.05, 0.1) is 16.2 Å². The molecule has 0 saturated carbocycles. The molecule has 6 aliphatic rings. The minimum Gasteiger partial charge on any atom is -0.0683 e. The molecule has 0 amide bonds. The quantitative estimate of drug-likeness (QED) is 0.156. The monoisotopic (exact) mass is 1750 g/mol. The van der Waals surface area contributed by atoms with Crippen LogP contribution in [0, 0.1) is 62.3 Å². The molecule has 0 aromatic heterocycles. The molecule has 0 aliphatic heterocycles. The summed E-state index contributed by atoms with van der Waals surface area (Å²) >= 11 is 0. The van der Waals surface area contributed by atoms with Crippen molar-refractivity contribution in [3.63, 3.8) is 0 Å². The van der Waals surface area contributed by atoms with Crippen LogP contribution in [-0.4, -0.2) is 0 Å². The van der Waals surface area contributed by atoms with Crippen LogP contribution in [0.3, 0.4) is 0 Å². The average molecular weight is 1750 g/mol. The van der Waals surface area contributed by atoms with Gasteiger partial charge in [-0.05, 0) is 273 Å². The summed E-state index contributed by atoms with van der Waals surface area (Å²) in [5.41, 5.74) is 54.0. The molecule has 3 spiro atoms. The Hall–Kier alpha value is -11.7. The van der Waals surface area contributed by atoms with Crippen molar-refractivity contribution in [2.45, 2.75) is 283 Å². The molecule has 15 aromatic rings. The highest BCUT2D eigenvalue weighted by Gasteiger charge is 2.54. The molecule has 6 aliphatic carbocycles. The zero-order valence-electron chi connectivity index (χ0n) is 87.7. The van der Waals surface area contributed by atoms with E-state index in [4.69, 9.17) is 0 Å². The van der Waals surface area contributed by atoms with Gasteiger partial charge in [0, 0.05) is 0 Å². The predicted molar refractivity (Wildman–Crippen MR) is 586 cm³/mol. The molecule has 0 heterocycles. The molecule has 0 saturated heterocycles. The fraction of sp³-hybridized carbons (Fsp3) is 0.318. The maximum Gasteiger partial charge on any atom is 0.0719 e. The molecule has 0 heteroatoms. The lowest BCUT2D eigenvalue weighted by Crippen LogP contribution is -2.34. The summed E-state index contributed by atoms with van der Waals surface area (Å²) in [5.74, 6) is 0. The van der Waals surface area contributed by atoms with Gasteiger partial charge in [-0.2, -0.15) is 0 Å². The van der Waals surface area contributed by atoms with Gasteiger partial charge in [-0.3, -0.25) is 0 Å². The van der Waals surface area contributed by atoms with E-state index < -0.39 is 0 Å². The Morgan fingerprint density at radius 1 is 0.167 bits per heavy atom. The van der Waals surface area contributed by atoms with Crippen LogP contribution in [0.1, 0.15) is 350 Å². The van der Waals surface area contributed by atoms with E-state index in [2.05, 4.69) is 372 Å². The average Bonchev–Trinajstić information content (AvgIpc) is 1.51. The number of rotatable bonds is 6. The van der Waals surface area contributed by atoms with Gasteiger partial charge in [-0.1, -0.05) is 520 Å². The minimum atomic E-state index is -0.277. The third-order valence-electron chi connectivity index (χ3n) is 25.0. The smallest absolute Gasteiger partial charge is 0.0683 e. The summed E-state index contributed by atoms with van der Waals surface area (Å²) in [7, 11) is 0. The molecule has 0 fully saturated rings. The van der Waals surface area contributed by atoms with Gasteiger partial charge in [0.25, 0.3) is 0 Å². The highest BCUT2D eigenvalue weighted by atomic mass is 14.6. The predicted octanol–water partition coefficient (Wildman–Crippen LogP) is 37.7. The van der Waals surface area contributed by atoms with Crippen LogP contribution in [0.25, 0.3) is 33.4 Å². The lowest BCUT2D eigenvalue weighted by molar-refractivity contribution is 0.721. The van der Waals surface area contributed by atoms with Crippen molar-refractivity contribution in [3.8, 4) is 33.4 Å². The standard InChI is InChI=1S/3C36H30.12C2H6/c1-23-18-24(2)20-26(19-23)21-29-13-9-17-33-35(29)34-25(3)10-8-16-32(34)36(33)30-14-6-4-11-27(30)22-28-12-5-7-15-31(28)36;1-23-15-16-33-30(20-23)35-29(21-26-18-24(2)17-25(3)19-26)11-8-14-34(35)36(33)31-12-6-4-9-27(31)22-28-10-5-7-13-32(28)36;1-23-15-16-30-34(20-23)36(31-12-6-4-9-27(31)22-28-10-5-7-13-32(28)36)33-14-8-11-29(35(30)33)21-26-18-24(2)17-25(3)19-26;12*1-2/h3*4-20H,21-22H2,1-3H3;12*1-2H3. The van der Waals surface area contributed by atoms with Crippen molar-refractivity contribution < 1.29 is 0 Å². The van der Waals surface area contributed by atoms with Crippen LogP contribution in [0.5, 0.6) is 0 Å². The second kappa shape index (κ2) is 51.4. The summed E-state index contributed by atoms with van der Waals surface area (Å²) in [4.78, 5) is 0. The van der Waals surface area contributed by atoms with Crippen molar-refractivity contribution in [2.24, 2.45) is 0 Å². The zero-order chi connectivity index (χ0) is 97.3. The zero-order valence-corrected chi connectivity index (χ0v) is 87.7. The Morgan fingerprint density at radius 3 is 0.720 bits per heavy atom. The van der Waals surface area contributed by atoms with Gasteiger partial charge in [-0.25, -0.2) is 0 Å². The van der Waals surface area contributed by atoms with Crippen molar-refractivity contribution in [3.05, 3.63) is 493 Å². The van der Waals surface area contributed by atoms with E-state index in [1.54, 1.807) is 0 Å². The number of aryl methyl sites for hydroxylation is 9. The van der Waals surface area contributed by atoms with Gasteiger partial charge in [0.1, 0.15) is 0 Å². The molecule has 21 rings (SSSR count). The molecule has 0 bridgehead atoms. The third-order valence-corrected chi connectivity index (χ3v) is 25.0. The number of hydrogen-bond donors (Lipinski definition) is 0. The molecular weight excluding hydrogens is 1590 g/mol. The highest BCUT2D eigenvalue weighted by molar-refractivity contribution is 5.94. The van der Waals surface area contributed by atoms with Crippen LogP contribution in [0.4, 0.5) is 0 Å². The minimum absolute atomic E-state index is 0.275. The molecule has 0 atom stereocenters. The molecule has 690 valence electrons. The molecular formula is C132H162. The molecule has 0 radical (unpaired) electrons. The van der Waals surface area contributed by atoms with E-state index in [1.807, 2.05) is 166 Å². The molecule has 132 heavy (non-hydrogen) atoms. The van der Waals surface area contributed by atoms with E-state index >= 15 is 0 Å². The number of benzene rings is 15. The van der Waals surface area contributed by atoms with Crippen molar-refractivity contribution in [2.75, 3.05) is 0 Å². The largest absolute Gasteiger partial charge is 0.0719 e. The summed E-state index contributed by atoms with van der Waals surface area (Å²) < 4.78 is 0. The Labute approximate surface area is 804 Å². The number of fused-ring (bicyclic) bond motifs is 27. The molecule has 0 unspecified atom stereocenters. The first kappa shape index (κ1) is 107. The lowest BCUT2D eigenvalue weighted by atomic mass is 9.61. The maximum absolute atomic E-state index is 2.45. The topological polar surface area (TPSA) is 0 Å². The first-order valence-electron chi connectivity index (χ1n) is 51.1. The van der Waals surface area contributed by atoms with Crippen LogP contribution in [0.15, 0.2) is 309 Å². The Bertz CT molecular complexity index is 5900. The van der Waals surface area contributed by atoms with E-state index in [0.29, 0.717) is 0 Å². The highest BCUT2D eigenvalue weighted by Crippen LogP contribution is 2.64. The van der Waals surface area contributed by atoms with Crippen molar-refractivity contribution in [1.29, 1.82) is 0 Å². The van der Waals surface area contributed by atoms with Crippen LogP contribution >= 0.6 is 0 Å². The summed E-state index contributed by atoms with van der Waals surface area (Å²) in [6, 6.07) is 118. The summed E-state index contributed by atoms with van der Waals surface area (Å²) in [5, 5.41) is 0.